The summed E-state index contributed by atoms with van der Waals surface area (Å²) in [6, 6.07) is 7.79. The first-order chi connectivity index (χ1) is 14.6. The Morgan fingerprint density at radius 2 is 1.97 bits per heavy atom. The number of aliphatic hydroxyl groups excluding tert-OH is 1. The monoisotopic (exact) mass is 425 g/mol. The molecule has 1 amide bonds. The van der Waals surface area contributed by atoms with Gasteiger partial charge in [-0.3, -0.25) is 9.78 Å². The lowest BCUT2D eigenvalue weighted by Crippen LogP contribution is -2.45. The standard InChI is InChI=1S/C23H24FN3O2S/c24-17-7-5-15(6-8-17)18-13-16(23(29)27-20-3-1-2-4-21(20)28)14-26-19(18)9-10-22-25-11-12-30-22/h5-8,11-14,20-21,28H,1-4,9-10H2,(H,27,29). The molecule has 0 radical (unpaired) electrons. The molecule has 2 heterocycles. The third kappa shape index (κ3) is 4.91. The van der Waals surface area contributed by atoms with Crippen molar-refractivity contribution in [3.63, 3.8) is 0 Å². The zero-order valence-electron chi connectivity index (χ0n) is 16.6. The maximum Gasteiger partial charge on any atom is 0.253 e. The average Bonchev–Trinajstić information content (AvgIpc) is 3.28. The van der Waals surface area contributed by atoms with Gasteiger partial charge in [0.05, 0.1) is 22.7 Å². The number of amides is 1. The van der Waals surface area contributed by atoms with Gasteiger partial charge in [0.2, 0.25) is 0 Å². The average molecular weight is 426 g/mol. The molecule has 0 aliphatic heterocycles. The number of thiazole rings is 1. The van der Waals surface area contributed by atoms with Gasteiger partial charge in [-0.2, -0.15) is 0 Å². The molecular formula is C23H24FN3O2S. The zero-order chi connectivity index (χ0) is 20.9. The second kappa shape index (κ2) is 9.45. The van der Waals surface area contributed by atoms with E-state index in [1.807, 2.05) is 11.4 Å². The van der Waals surface area contributed by atoms with E-state index < -0.39 is 6.10 Å². The van der Waals surface area contributed by atoms with Gasteiger partial charge in [-0.1, -0.05) is 25.0 Å². The lowest BCUT2D eigenvalue weighted by molar-refractivity contribution is 0.0717. The third-order valence-electron chi connectivity index (χ3n) is 5.49. The molecule has 2 atom stereocenters. The van der Waals surface area contributed by atoms with Gasteiger partial charge in [0.1, 0.15) is 5.82 Å². The summed E-state index contributed by atoms with van der Waals surface area (Å²) in [7, 11) is 0. The lowest BCUT2D eigenvalue weighted by Gasteiger charge is -2.28. The second-order valence-corrected chi connectivity index (χ2v) is 8.56. The Morgan fingerprint density at radius 3 is 2.70 bits per heavy atom. The van der Waals surface area contributed by atoms with E-state index in [1.54, 1.807) is 35.9 Å². The smallest absolute Gasteiger partial charge is 0.253 e. The Morgan fingerprint density at radius 1 is 1.17 bits per heavy atom. The van der Waals surface area contributed by atoms with E-state index in [9.17, 15) is 14.3 Å². The molecule has 7 heteroatoms. The van der Waals surface area contributed by atoms with E-state index in [-0.39, 0.29) is 17.8 Å². The van der Waals surface area contributed by atoms with Crippen molar-refractivity contribution in [2.24, 2.45) is 0 Å². The summed E-state index contributed by atoms with van der Waals surface area (Å²) < 4.78 is 13.4. The molecule has 0 saturated heterocycles. The number of benzene rings is 1. The molecule has 0 bridgehead atoms. The number of aliphatic hydroxyl groups is 1. The number of carbonyl (C=O) groups is 1. The first kappa shape index (κ1) is 20.6. The summed E-state index contributed by atoms with van der Waals surface area (Å²) in [5, 5.41) is 16.1. The number of hydrogen-bond acceptors (Lipinski definition) is 5. The highest BCUT2D eigenvalue weighted by atomic mass is 32.1. The van der Waals surface area contributed by atoms with Crippen molar-refractivity contribution in [1.82, 2.24) is 15.3 Å². The van der Waals surface area contributed by atoms with E-state index in [0.717, 1.165) is 47.5 Å². The summed E-state index contributed by atoms with van der Waals surface area (Å²) in [6.07, 6.45) is 7.73. The van der Waals surface area contributed by atoms with E-state index in [2.05, 4.69) is 15.3 Å². The van der Waals surface area contributed by atoms with Crippen LogP contribution in [-0.2, 0) is 12.8 Å². The minimum absolute atomic E-state index is 0.231. The molecule has 4 rings (SSSR count). The molecule has 2 aromatic heterocycles. The first-order valence-corrected chi connectivity index (χ1v) is 11.1. The van der Waals surface area contributed by atoms with Gasteiger partial charge >= 0.3 is 0 Å². The number of carbonyl (C=O) groups excluding carboxylic acids is 1. The van der Waals surface area contributed by atoms with Crippen LogP contribution in [0.4, 0.5) is 4.39 Å². The number of nitrogens with zero attached hydrogens (tertiary/aromatic N) is 2. The highest BCUT2D eigenvalue weighted by Crippen LogP contribution is 2.26. The quantitative estimate of drug-likeness (QED) is 0.622. The van der Waals surface area contributed by atoms with E-state index in [1.165, 1.54) is 12.1 Å². The summed E-state index contributed by atoms with van der Waals surface area (Å²) in [5.41, 5.74) is 2.89. The van der Waals surface area contributed by atoms with Crippen molar-refractivity contribution < 1.29 is 14.3 Å². The zero-order valence-corrected chi connectivity index (χ0v) is 17.4. The predicted molar refractivity (Wildman–Crippen MR) is 115 cm³/mol. The fourth-order valence-corrected chi connectivity index (χ4v) is 4.45. The first-order valence-electron chi connectivity index (χ1n) is 10.2. The Kier molecular flexibility index (Phi) is 6.50. The third-order valence-corrected chi connectivity index (χ3v) is 6.33. The van der Waals surface area contributed by atoms with Crippen molar-refractivity contribution in [2.45, 2.75) is 50.7 Å². The van der Waals surface area contributed by atoms with Gasteiger partial charge in [0.25, 0.3) is 5.91 Å². The molecule has 1 aliphatic carbocycles. The van der Waals surface area contributed by atoms with Crippen LogP contribution in [0.2, 0.25) is 0 Å². The summed E-state index contributed by atoms with van der Waals surface area (Å²) in [5.74, 6) is -0.556. The molecule has 30 heavy (non-hydrogen) atoms. The SMILES string of the molecule is O=C(NC1CCCCC1O)c1cnc(CCc2nccs2)c(-c2ccc(F)cc2)c1. The number of rotatable bonds is 6. The van der Waals surface area contributed by atoms with Gasteiger partial charge in [0, 0.05) is 35.5 Å². The number of halogens is 1. The Hall–Kier alpha value is -2.64. The Labute approximate surface area is 179 Å². The molecule has 3 aromatic rings. The molecule has 2 N–H and O–H groups in total. The van der Waals surface area contributed by atoms with Gasteiger partial charge < -0.3 is 10.4 Å². The van der Waals surface area contributed by atoms with Gasteiger partial charge in [-0.25, -0.2) is 9.37 Å². The second-order valence-electron chi connectivity index (χ2n) is 7.58. The van der Waals surface area contributed by atoms with Crippen LogP contribution >= 0.6 is 11.3 Å². The predicted octanol–water partition coefficient (Wildman–Crippen LogP) is 4.16. The molecule has 1 fully saturated rings. The molecule has 5 nitrogen and oxygen atoms in total. The van der Waals surface area contributed by atoms with Crippen LogP contribution < -0.4 is 5.32 Å². The maximum atomic E-state index is 13.4. The highest BCUT2D eigenvalue weighted by molar-refractivity contribution is 7.09. The molecule has 156 valence electrons. The van der Waals surface area contributed by atoms with Crippen LogP contribution in [0.5, 0.6) is 0 Å². The number of aryl methyl sites for hydroxylation is 2. The topological polar surface area (TPSA) is 75.1 Å². The molecular weight excluding hydrogens is 401 g/mol. The minimum Gasteiger partial charge on any atom is -0.391 e. The highest BCUT2D eigenvalue weighted by Gasteiger charge is 2.25. The van der Waals surface area contributed by atoms with Crippen molar-refractivity contribution >= 4 is 17.2 Å². The van der Waals surface area contributed by atoms with Crippen LogP contribution in [0.15, 0.2) is 48.1 Å². The van der Waals surface area contributed by atoms with Crippen LogP contribution in [0.25, 0.3) is 11.1 Å². The summed E-state index contributed by atoms with van der Waals surface area (Å²) >= 11 is 1.60. The minimum atomic E-state index is -0.509. The van der Waals surface area contributed by atoms with Crippen LogP contribution in [0.1, 0.15) is 46.7 Å². The largest absolute Gasteiger partial charge is 0.391 e. The van der Waals surface area contributed by atoms with E-state index >= 15 is 0 Å². The number of nitrogens with one attached hydrogen (secondary N) is 1. The summed E-state index contributed by atoms with van der Waals surface area (Å²) in [6.45, 7) is 0. The van der Waals surface area contributed by atoms with Crippen LogP contribution in [0.3, 0.4) is 0 Å². The van der Waals surface area contributed by atoms with Crippen molar-refractivity contribution in [1.29, 1.82) is 0 Å². The maximum absolute atomic E-state index is 13.4. The Bertz CT molecular complexity index is 992. The van der Waals surface area contributed by atoms with Crippen LogP contribution in [-0.4, -0.2) is 33.1 Å². The van der Waals surface area contributed by atoms with Gasteiger partial charge in [0.15, 0.2) is 0 Å². The Balaban J connectivity index is 1.59. The van der Waals surface area contributed by atoms with Gasteiger partial charge in [-0.15, -0.1) is 11.3 Å². The van der Waals surface area contributed by atoms with Crippen molar-refractivity contribution in [2.75, 3.05) is 0 Å². The van der Waals surface area contributed by atoms with Crippen molar-refractivity contribution in [3.8, 4) is 11.1 Å². The fraction of sp³-hybridized carbons (Fsp3) is 0.348. The molecule has 1 saturated carbocycles. The molecule has 0 spiro atoms. The van der Waals surface area contributed by atoms with Crippen molar-refractivity contribution in [3.05, 3.63) is 70.2 Å². The fourth-order valence-electron chi connectivity index (χ4n) is 3.83. The number of hydrogen-bond donors (Lipinski definition) is 2. The molecule has 1 aliphatic rings. The normalized spacial score (nSPS) is 18.9. The number of pyridine rings is 1. The van der Waals surface area contributed by atoms with Crippen LogP contribution in [0, 0.1) is 5.82 Å². The summed E-state index contributed by atoms with van der Waals surface area (Å²) in [4.78, 5) is 21.7. The molecule has 2 unspecified atom stereocenters. The van der Waals surface area contributed by atoms with E-state index in [0.29, 0.717) is 18.4 Å². The molecule has 1 aromatic carbocycles. The van der Waals surface area contributed by atoms with Gasteiger partial charge in [-0.05, 0) is 43.0 Å². The lowest BCUT2D eigenvalue weighted by atomic mass is 9.92. The number of aromatic nitrogens is 2. The van der Waals surface area contributed by atoms with E-state index in [4.69, 9.17) is 0 Å².